The first-order valence-corrected chi connectivity index (χ1v) is 11.2. The molecule has 1 saturated heterocycles. The lowest BCUT2D eigenvalue weighted by molar-refractivity contribution is -0.383. The number of aromatic nitrogens is 2. The van der Waals surface area contributed by atoms with Gasteiger partial charge in [0.15, 0.2) is 11.5 Å². The molecule has 0 saturated carbocycles. The van der Waals surface area contributed by atoms with Crippen LogP contribution < -0.4 is 19.7 Å². The Hall–Kier alpha value is -3.92. The highest BCUT2D eigenvalue weighted by Crippen LogP contribution is 2.35. The molecule has 0 radical (unpaired) electrons. The topological polar surface area (TPSA) is 106 Å². The second kappa shape index (κ2) is 9.14. The largest absolute Gasteiger partial charge is 0.454 e. The molecular weight excluding hydrogens is 436 g/mol. The normalized spacial score (nSPS) is 15.4. The fraction of sp³-hybridized carbons (Fsp3) is 0.333. The number of benzene rings is 2. The van der Waals surface area contributed by atoms with E-state index in [4.69, 9.17) is 9.47 Å². The fourth-order valence-corrected chi connectivity index (χ4v) is 4.46. The van der Waals surface area contributed by atoms with Crippen LogP contribution in [0, 0.1) is 24.0 Å². The number of piperazine rings is 1. The molecule has 0 bridgehead atoms. The van der Waals surface area contributed by atoms with E-state index in [1.54, 1.807) is 0 Å². The van der Waals surface area contributed by atoms with Gasteiger partial charge in [-0.25, -0.2) is 9.97 Å². The Kier molecular flexibility index (Phi) is 5.89. The minimum absolute atomic E-state index is 0.106. The highest BCUT2D eigenvalue weighted by molar-refractivity contribution is 5.74. The van der Waals surface area contributed by atoms with Gasteiger partial charge in [-0.05, 0) is 54.8 Å². The zero-order chi connectivity index (χ0) is 23.7. The fourth-order valence-electron chi connectivity index (χ4n) is 4.46. The number of fused-ring (bicyclic) bond motifs is 1. The molecule has 0 unspecified atom stereocenters. The molecule has 0 spiro atoms. The average molecular weight is 463 g/mol. The lowest BCUT2D eigenvalue weighted by atomic mass is 10.1. The summed E-state index contributed by atoms with van der Waals surface area (Å²) in [4.78, 5) is 24.4. The summed E-state index contributed by atoms with van der Waals surface area (Å²) < 4.78 is 10.9. The van der Waals surface area contributed by atoms with Crippen molar-refractivity contribution in [1.82, 2.24) is 14.9 Å². The van der Waals surface area contributed by atoms with Crippen LogP contribution in [0.5, 0.6) is 11.5 Å². The number of rotatable bonds is 6. The van der Waals surface area contributed by atoms with Crippen molar-refractivity contribution in [3.05, 3.63) is 69.5 Å². The number of ether oxygens (including phenoxy) is 2. The van der Waals surface area contributed by atoms with Crippen LogP contribution in [0.1, 0.15) is 16.7 Å². The van der Waals surface area contributed by atoms with Gasteiger partial charge in [0.2, 0.25) is 18.4 Å². The van der Waals surface area contributed by atoms with Crippen LogP contribution in [0.3, 0.4) is 0 Å². The molecule has 0 amide bonds. The summed E-state index contributed by atoms with van der Waals surface area (Å²) in [6.07, 6.45) is 1.38. The van der Waals surface area contributed by atoms with Crippen molar-refractivity contribution in [1.29, 1.82) is 0 Å². The maximum absolute atomic E-state index is 12.0. The zero-order valence-electron chi connectivity index (χ0n) is 19.2. The number of aryl methyl sites for hydroxylation is 2. The van der Waals surface area contributed by atoms with E-state index in [9.17, 15) is 10.1 Å². The molecule has 1 aromatic heterocycles. The van der Waals surface area contributed by atoms with Crippen molar-refractivity contribution < 1.29 is 14.4 Å². The number of hydrogen-bond donors (Lipinski definition) is 1. The van der Waals surface area contributed by atoms with Crippen molar-refractivity contribution in [2.45, 2.75) is 20.4 Å². The van der Waals surface area contributed by atoms with Gasteiger partial charge in [0, 0.05) is 38.4 Å². The van der Waals surface area contributed by atoms with Gasteiger partial charge in [-0.2, -0.15) is 0 Å². The van der Waals surface area contributed by atoms with E-state index in [0.717, 1.165) is 53.5 Å². The van der Waals surface area contributed by atoms with Gasteiger partial charge in [-0.1, -0.05) is 12.1 Å². The van der Waals surface area contributed by atoms with Crippen LogP contribution in [0.4, 0.5) is 23.0 Å². The second-order valence-electron chi connectivity index (χ2n) is 8.60. The van der Waals surface area contributed by atoms with Gasteiger partial charge < -0.3 is 19.7 Å². The zero-order valence-corrected chi connectivity index (χ0v) is 19.2. The minimum Gasteiger partial charge on any atom is -0.454 e. The summed E-state index contributed by atoms with van der Waals surface area (Å²) >= 11 is 0. The van der Waals surface area contributed by atoms with E-state index in [0.29, 0.717) is 18.9 Å². The van der Waals surface area contributed by atoms with Crippen LogP contribution in [0.2, 0.25) is 0 Å². The molecule has 176 valence electrons. The number of nitrogens with zero attached hydrogens (tertiary/aromatic N) is 5. The smallest absolute Gasteiger partial charge is 0.353 e. The molecule has 2 aliphatic heterocycles. The monoisotopic (exact) mass is 462 g/mol. The SMILES string of the molecule is Cc1cc(C)cc(Nc2ncnc(N3CCN(Cc4ccc5c(c4)OCO5)CC3)c2[N+](=O)[O-])c1. The molecule has 1 N–H and O–H groups in total. The molecule has 10 nitrogen and oxygen atoms in total. The Morgan fingerprint density at radius 2 is 1.74 bits per heavy atom. The Morgan fingerprint density at radius 1 is 1.00 bits per heavy atom. The van der Waals surface area contributed by atoms with Gasteiger partial charge in [-0.3, -0.25) is 15.0 Å². The molecule has 3 heterocycles. The molecule has 2 aliphatic rings. The van der Waals surface area contributed by atoms with Crippen molar-refractivity contribution in [2.24, 2.45) is 0 Å². The van der Waals surface area contributed by atoms with Crippen molar-refractivity contribution in [3.63, 3.8) is 0 Å². The molecular formula is C24H26N6O4. The number of anilines is 3. The predicted octanol–water partition coefficient (Wildman–Crippen LogP) is 3.80. The third kappa shape index (κ3) is 4.58. The molecule has 2 aromatic carbocycles. The van der Waals surface area contributed by atoms with Gasteiger partial charge in [0.05, 0.1) is 4.92 Å². The van der Waals surface area contributed by atoms with E-state index in [1.807, 2.05) is 55.1 Å². The van der Waals surface area contributed by atoms with Crippen LogP contribution in [-0.4, -0.2) is 52.8 Å². The molecule has 5 rings (SSSR count). The molecule has 0 atom stereocenters. The summed E-state index contributed by atoms with van der Waals surface area (Å²) in [6, 6.07) is 11.9. The highest BCUT2D eigenvalue weighted by atomic mass is 16.7. The summed E-state index contributed by atoms with van der Waals surface area (Å²) in [6.45, 7) is 7.79. The van der Waals surface area contributed by atoms with E-state index >= 15 is 0 Å². The Balaban J connectivity index is 1.30. The van der Waals surface area contributed by atoms with E-state index in [1.165, 1.54) is 6.33 Å². The third-order valence-corrected chi connectivity index (χ3v) is 5.98. The molecule has 10 heteroatoms. The van der Waals surface area contributed by atoms with Gasteiger partial charge >= 0.3 is 5.69 Å². The number of nitrogens with one attached hydrogen (secondary N) is 1. The number of nitro groups is 1. The Bertz CT molecular complexity index is 1210. The highest BCUT2D eigenvalue weighted by Gasteiger charge is 2.29. The standard InChI is InChI=1S/C24H26N6O4/c1-16-9-17(2)11-19(10-16)27-23-22(30(31)32)24(26-14-25-23)29-7-5-28(6-8-29)13-18-3-4-20-21(12-18)34-15-33-20/h3-4,9-12,14H,5-8,13,15H2,1-2H3,(H,25,26,27). The Morgan fingerprint density at radius 3 is 2.47 bits per heavy atom. The van der Waals surface area contributed by atoms with Gasteiger partial charge in [-0.15, -0.1) is 0 Å². The van der Waals surface area contributed by atoms with E-state index < -0.39 is 4.92 Å². The molecule has 34 heavy (non-hydrogen) atoms. The van der Waals surface area contributed by atoms with Crippen LogP contribution >= 0.6 is 0 Å². The van der Waals surface area contributed by atoms with E-state index in [2.05, 4.69) is 20.2 Å². The first kappa shape index (κ1) is 21.9. The lowest BCUT2D eigenvalue weighted by Crippen LogP contribution is -2.46. The van der Waals surface area contributed by atoms with Crippen LogP contribution in [0.25, 0.3) is 0 Å². The quantitative estimate of drug-likeness (QED) is 0.432. The van der Waals surface area contributed by atoms with Crippen LogP contribution in [-0.2, 0) is 6.54 Å². The van der Waals surface area contributed by atoms with Crippen LogP contribution in [0.15, 0.2) is 42.7 Å². The molecule has 3 aromatic rings. The summed E-state index contributed by atoms with van der Waals surface area (Å²) in [7, 11) is 0. The first-order chi connectivity index (χ1) is 16.5. The van der Waals surface area contributed by atoms with Crippen molar-refractivity contribution in [3.8, 4) is 11.5 Å². The molecule has 1 fully saturated rings. The second-order valence-corrected chi connectivity index (χ2v) is 8.60. The first-order valence-electron chi connectivity index (χ1n) is 11.2. The Labute approximate surface area is 197 Å². The lowest BCUT2D eigenvalue weighted by Gasteiger charge is -2.35. The number of hydrogen-bond acceptors (Lipinski definition) is 9. The average Bonchev–Trinajstić information content (AvgIpc) is 3.26. The summed E-state index contributed by atoms with van der Waals surface area (Å²) in [5.74, 6) is 2.09. The van der Waals surface area contributed by atoms with E-state index in [-0.39, 0.29) is 18.3 Å². The summed E-state index contributed by atoms with van der Waals surface area (Å²) in [5.41, 5.74) is 3.94. The van der Waals surface area contributed by atoms with Crippen molar-refractivity contribution >= 4 is 23.0 Å². The predicted molar refractivity (Wildman–Crippen MR) is 128 cm³/mol. The van der Waals surface area contributed by atoms with Gasteiger partial charge in [0.1, 0.15) is 6.33 Å². The minimum atomic E-state index is -0.403. The van der Waals surface area contributed by atoms with Gasteiger partial charge in [0.25, 0.3) is 0 Å². The summed E-state index contributed by atoms with van der Waals surface area (Å²) in [5, 5.41) is 15.2. The third-order valence-electron chi connectivity index (χ3n) is 5.98. The maximum Gasteiger partial charge on any atom is 0.353 e. The van der Waals surface area contributed by atoms with Crippen molar-refractivity contribution in [2.75, 3.05) is 43.2 Å². The molecule has 0 aliphatic carbocycles. The maximum atomic E-state index is 12.0.